The zero-order valence-electron chi connectivity index (χ0n) is 26.6. The van der Waals surface area contributed by atoms with Crippen LogP contribution in [0, 0.1) is 11.3 Å². The van der Waals surface area contributed by atoms with Gasteiger partial charge in [0.15, 0.2) is 12.1 Å². The van der Waals surface area contributed by atoms with E-state index < -0.39 is 5.54 Å². The maximum absolute atomic E-state index is 13.7. The Labute approximate surface area is 282 Å². The van der Waals surface area contributed by atoms with Crippen molar-refractivity contribution in [1.82, 2.24) is 19.6 Å². The van der Waals surface area contributed by atoms with E-state index in [0.717, 1.165) is 27.8 Å². The molecular weight excluding hydrogens is 608 g/mol. The first kappa shape index (κ1) is 30.8. The molecule has 7 rings (SSSR count). The fourth-order valence-corrected chi connectivity index (χ4v) is 6.26. The Morgan fingerprint density at radius 1 is 0.837 bits per heavy atom. The summed E-state index contributed by atoms with van der Waals surface area (Å²) in [5, 5.41) is 24.4. The molecule has 7 aromatic rings. The van der Waals surface area contributed by atoms with Gasteiger partial charge in [-0.3, -0.25) is 9.59 Å². The lowest BCUT2D eigenvalue weighted by Gasteiger charge is -2.37. The molecule has 49 heavy (non-hydrogen) atoms. The van der Waals surface area contributed by atoms with Gasteiger partial charge in [0.25, 0.3) is 5.56 Å². The number of benzene rings is 5. The number of hydrogen-bond donors (Lipinski definition) is 1. The van der Waals surface area contributed by atoms with Crippen molar-refractivity contribution in [1.29, 1.82) is 5.26 Å². The summed E-state index contributed by atoms with van der Waals surface area (Å²) >= 11 is 0. The molecule has 5 aromatic carbocycles. The van der Waals surface area contributed by atoms with Gasteiger partial charge < -0.3 is 5.32 Å². The van der Waals surface area contributed by atoms with Crippen molar-refractivity contribution < 1.29 is 4.79 Å². The van der Waals surface area contributed by atoms with E-state index in [0.29, 0.717) is 34.3 Å². The maximum atomic E-state index is 13.7. The average Bonchev–Trinajstić information content (AvgIpc) is 3.57. The average molecular weight is 639 g/mol. The van der Waals surface area contributed by atoms with Crippen LogP contribution in [0.3, 0.4) is 0 Å². The predicted molar refractivity (Wildman–Crippen MR) is 192 cm³/mol. The highest BCUT2D eigenvalue weighted by atomic mass is 16.1. The van der Waals surface area contributed by atoms with E-state index >= 15 is 0 Å². The summed E-state index contributed by atoms with van der Waals surface area (Å²) in [7, 11) is 0. The third-order valence-electron chi connectivity index (χ3n) is 8.69. The number of allylic oxidation sites excluding steroid dienone is 1. The van der Waals surface area contributed by atoms with Crippen LogP contribution in [-0.2, 0) is 5.54 Å². The molecule has 0 aliphatic rings. The van der Waals surface area contributed by atoms with Gasteiger partial charge >= 0.3 is 0 Å². The molecule has 0 amide bonds. The van der Waals surface area contributed by atoms with Crippen LogP contribution >= 0.6 is 0 Å². The van der Waals surface area contributed by atoms with Crippen molar-refractivity contribution in [2.24, 2.45) is 0 Å². The van der Waals surface area contributed by atoms with Gasteiger partial charge in [-0.05, 0) is 53.4 Å². The summed E-state index contributed by atoms with van der Waals surface area (Å²) in [6.45, 7) is 5.88. The lowest BCUT2D eigenvalue weighted by Crippen LogP contribution is -2.38. The van der Waals surface area contributed by atoms with Gasteiger partial charge in [0, 0.05) is 5.39 Å². The maximum Gasteiger partial charge on any atom is 0.279 e. The smallest absolute Gasteiger partial charge is 0.279 e. The van der Waals surface area contributed by atoms with Crippen molar-refractivity contribution >= 4 is 28.4 Å². The van der Waals surface area contributed by atoms with E-state index in [9.17, 15) is 14.9 Å². The van der Waals surface area contributed by atoms with Crippen molar-refractivity contribution in [3.8, 4) is 17.4 Å². The Morgan fingerprint density at radius 3 is 1.98 bits per heavy atom. The van der Waals surface area contributed by atoms with E-state index in [1.165, 1.54) is 9.36 Å². The van der Waals surface area contributed by atoms with E-state index in [1.54, 1.807) is 36.7 Å². The van der Waals surface area contributed by atoms with Crippen molar-refractivity contribution in [3.63, 3.8) is 0 Å². The van der Waals surface area contributed by atoms with Crippen molar-refractivity contribution in [2.75, 3.05) is 5.32 Å². The second kappa shape index (κ2) is 12.7. The molecule has 0 saturated carbocycles. The van der Waals surface area contributed by atoms with Gasteiger partial charge in [0.05, 0.1) is 34.7 Å². The number of hydrogen-bond acceptors (Lipinski definition) is 6. The highest BCUT2D eigenvalue weighted by molar-refractivity contribution is 5.88. The van der Waals surface area contributed by atoms with Gasteiger partial charge in [-0.1, -0.05) is 115 Å². The van der Waals surface area contributed by atoms with Gasteiger partial charge in [-0.25, -0.2) is 4.68 Å². The van der Waals surface area contributed by atoms with Crippen LogP contribution in [0.4, 0.5) is 5.82 Å². The summed E-state index contributed by atoms with van der Waals surface area (Å²) in [5.41, 5.74) is 4.44. The van der Waals surface area contributed by atoms with E-state index in [1.807, 2.05) is 110 Å². The molecule has 0 radical (unpaired) electrons. The highest BCUT2D eigenvalue weighted by Crippen LogP contribution is 2.40. The largest absolute Gasteiger partial charge is 0.350 e. The Morgan fingerprint density at radius 2 is 1.43 bits per heavy atom. The quantitative estimate of drug-likeness (QED) is 0.128. The topological polar surface area (TPSA) is 106 Å². The second-order valence-electron chi connectivity index (χ2n) is 11.7. The third kappa shape index (κ3) is 5.39. The molecule has 0 aliphatic heterocycles. The van der Waals surface area contributed by atoms with Gasteiger partial charge in [-0.2, -0.15) is 15.0 Å². The van der Waals surface area contributed by atoms with Crippen LogP contribution in [0.5, 0.6) is 0 Å². The zero-order chi connectivity index (χ0) is 34.0. The monoisotopic (exact) mass is 638 g/mol. The standard InChI is InChI=1S/C41H30N6O2/c1-28(2)29-21-22-35-30(23-29)25-43-47(40(35)49)38-20-12-19-37(36(38)27-48)46-26-31(24-42)39(45-46)44-41(32-13-6-3-7-14-32,33-15-8-4-9-16-33)34-17-10-5-11-18-34/h3-23,25-27H,1H2,2H3,(H,44,45). The van der Waals surface area contributed by atoms with Gasteiger partial charge in [-0.15, -0.1) is 5.10 Å². The molecule has 0 spiro atoms. The molecule has 0 saturated heterocycles. The summed E-state index contributed by atoms with van der Waals surface area (Å²) in [6, 6.07) is 42.8. The number of nitrogens with zero attached hydrogens (tertiary/aromatic N) is 5. The molecule has 8 nitrogen and oxygen atoms in total. The number of fused-ring (bicyclic) bond motifs is 1. The molecule has 0 unspecified atom stereocenters. The molecular formula is C41H30N6O2. The fraction of sp³-hybridized carbons (Fsp3) is 0.0488. The number of carbonyl (C=O) groups excluding carboxylic acids is 1. The number of nitrogens with one attached hydrogen (secondary N) is 1. The minimum absolute atomic E-state index is 0.189. The van der Waals surface area contributed by atoms with Crippen LogP contribution in [0.1, 0.15) is 45.1 Å². The Hall–Kier alpha value is -6.85. The van der Waals surface area contributed by atoms with Crippen LogP contribution < -0.4 is 10.9 Å². The van der Waals surface area contributed by atoms with Crippen LogP contribution in [-0.4, -0.2) is 25.8 Å². The molecule has 0 fully saturated rings. The summed E-state index contributed by atoms with van der Waals surface area (Å²) in [4.78, 5) is 26.4. The molecule has 0 atom stereocenters. The fourth-order valence-electron chi connectivity index (χ4n) is 6.26. The minimum atomic E-state index is -0.934. The Kier molecular flexibility index (Phi) is 8.01. The predicted octanol–water partition coefficient (Wildman–Crippen LogP) is 7.69. The van der Waals surface area contributed by atoms with Crippen LogP contribution in [0.25, 0.3) is 27.7 Å². The van der Waals surface area contributed by atoms with Crippen LogP contribution in [0.15, 0.2) is 151 Å². The Bertz CT molecular complexity index is 2350. The molecule has 0 bridgehead atoms. The lowest BCUT2D eigenvalue weighted by molar-refractivity contribution is 0.112. The first-order valence-electron chi connectivity index (χ1n) is 15.7. The number of anilines is 1. The van der Waals surface area contributed by atoms with Crippen LogP contribution in [0.2, 0.25) is 0 Å². The first-order valence-corrected chi connectivity index (χ1v) is 15.7. The van der Waals surface area contributed by atoms with E-state index in [4.69, 9.17) is 5.10 Å². The van der Waals surface area contributed by atoms with Gasteiger partial charge in [0.1, 0.15) is 17.2 Å². The number of aldehydes is 1. The highest BCUT2D eigenvalue weighted by Gasteiger charge is 2.38. The third-order valence-corrected chi connectivity index (χ3v) is 8.69. The summed E-state index contributed by atoms with van der Waals surface area (Å²) < 4.78 is 2.71. The molecule has 236 valence electrons. The van der Waals surface area contributed by atoms with Gasteiger partial charge in [0.2, 0.25) is 0 Å². The molecule has 0 aliphatic carbocycles. The summed E-state index contributed by atoms with van der Waals surface area (Å²) in [5.74, 6) is 0.315. The molecule has 2 heterocycles. The second-order valence-corrected chi connectivity index (χ2v) is 11.7. The van der Waals surface area contributed by atoms with E-state index in [2.05, 4.69) is 23.1 Å². The SMILES string of the molecule is C=C(C)c1ccc2c(=O)n(-c3cccc(-n4cc(C#N)c(NC(c5ccccc5)(c5ccccc5)c5ccccc5)n4)c3C=O)ncc2c1. The van der Waals surface area contributed by atoms with E-state index in [-0.39, 0.29) is 16.7 Å². The number of aromatic nitrogens is 4. The Balaban J connectivity index is 1.38. The van der Waals surface area contributed by atoms with Crippen molar-refractivity contribution in [2.45, 2.75) is 12.5 Å². The summed E-state index contributed by atoms with van der Waals surface area (Å²) in [6.07, 6.45) is 3.86. The lowest BCUT2D eigenvalue weighted by atomic mass is 9.77. The number of nitriles is 1. The molecule has 2 aromatic heterocycles. The number of carbonyl (C=O) groups is 1. The zero-order valence-corrected chi connectivity index (χ0v) is 26.6. The normalized spacial score (nSPS) is 11.2. The van der Waals surface area contributed by atoms with Crippen molar-refractivity contribution in [3.05, 3.63) is 190 Å². The first-order chi connectivity index (χ1) is 23.9. The molecule has 1 N–H and O–H groups in total. The minimum Gasteiger partial charge on any atom is -0.350 e. The molecule has 8 heteroatoms. The number of rotatable bonds is 9.